The summed E-state index contributed by atoms with van der Waals surface area (Å²) in [7, 11) is 0. The van der Waals surface area contributed by atoms with E-state index in [9.17, 15) is 9.59 Å². The normalized spacial score (nSPS) is 11.8. The van der Waals surface area contributed by atoms with Crippen molar-refractivity contribution in [3.05, 3.63) is 83.4 Å². The van der Waals surface area contributed by atoms with E-state index < -0.39 is 0 Å². The summed E-state index contributed by atoms with van der Waals surface area (Å²) < 4.78 is 10.7. The summed E-state index contributed by atoms with van der Waals surface area (Å²) >= 11 is 0. The molecule has 2 amide bonds. The van der Waals surface area contributed by atoms with Gasteiger partial charge in [-0.2, -0.15) is 0 Å². The van der Waals surface area contributed by atoms with E-state index >= 15 is 0 Å². The molecule has 0 radical (unpaired) electrons. The molecule has 0 saturated carbocycles. The van der Waals surface area contributed by atoms with E-state index in [1.807, 2.05) is 31.2 Å². The first kappa shape index (κ1) is 17.6. The highest BCUT2D eigenvalue weighted by atomic mass is 16.7. The van der Waals surface area contributed by atoms with Crippen molar-refractivity contribution in [1.29, 1.82) is 0 Å². The summed E-state index contributed by atoms with van der Waals surface area (Å²) in [6.45, 7) is 2.05. The number of para-hydroxylation sites is 1. The molecule has 0 aliphatic carbocycles. The Labute approximate surface area is 162 Å². The Hall–Kier alpha value is -3.80. The molecule has 0 bridgehead atoms. The van der Waals surface area contributed by atoms with E-state index in [4.69, 9.17) is 9.47 Å². The van der Waals surface area contributed by atoms with Gasteiger partial charge in [0.2, 0.25) is 6.79 Å². The number of nitrogens with one attached hydrogen (secondary N) is 2. The van der Waals surface area contributed by atoms with Gasteiger partial charge in [-0.1, -0.05) is 24.3 Å². The molecule has 6 nitrogen and oxygen atoms in total. The van der Waals surface area contributed by atoms with Crippen molar-refractivity contribution in [1.82, 2.24) is 0 Å². The van der Waals surface area contributed by atoms with E-state index in [1.165, 1.54) is 0 Å². The van der Waals surface area contributed by atoms with Crippen LogP contribution in [0.1, 0.15) is 26.3 Å². The van der Waals surface area contributed by atoms with Crippen LogP contribution in [0.4, 0.5) is 11.4 Å². The third kappa shape index (κ3) is 3.66. The van der Waals surface area contributed by atoms with Crippen LogP contribution in [0.5, 0.6) is 11.5 Å². The van der Waals surface area contributed by atoms with Gasteiger partial charge in [0.1, 0.15) is 0 Å². The van der Waals surface area contributed by atoms with Gasteiger partial charge in [-0.3, -0.25) is 9.59 Å². The number of carbonyl (C=O) groups excluding carboxylic acids is 2. The lowest BCUT2D eigenvalue weighted by Gasteiger charge is -2.11. The molecule has 0 atom stereocenters. The fraction of sp³-hybridized carbons (Fsp3) is 0.0909. The minimum absolute atomic E-state index is 0.171. The molecule has 1 aliphatic heterocycles. The van der Waals surface area contributed by atoms with Gasteiger partial charge < -0.3 is 20.1 Å². The monoisotopic (exact) mass is 374 g/mol. The van der Waals surface area contributed by atoms with Crippen molar-refractivity contribution < 1.29 is 19.1 Å². The van der Waals surface area contributed by atoms with Crippen LogP contribution >= 0.6 is 0 Å². The first-order valence-electron chi connectivity index (χ1n) is 8.78. The Morgan fingerprint density at radius 1 is 0.786 bits per heavy atom. The molecule has 0 aromatic heterocycles. The van der Waals surface area contributed by atoms with Crippen LogP contribution in [0, 0.1) is 6.92 Å². The Morgan fingerprint density at radius 3 is 2.14 bits per heavy atom. The minimum atomic E-state index is -0.309. The molecule has 1 heterocycles. The van der Waals surface area contributed by atoms with Gasteiger partial charge in [-0.15, -0.1) is 0 Å². The van der Waals surface area contributed by atoms with E-state index in [0.717, 1.165) is 5.56 Å². The number of benzene rings is 3. The average molecular weight is 374 g/mol. The van der Waals surface area contributed by atoms with Gasteiger partial charge >= 0.3 is 0 Å². The maximum Gasteiger partial charge on any atom is 0.255 e. The second kappa shape index (κ2) is 7.44. The number of ether oxygens (including phenoxy) is 2. The molecule has 3 aromatic rings. The van der Waals surface area contributed by atoms with E-state index in [0.29, 0.717) is 34.0 Å². The number of aryl methyl sites for hydroxylation is 1. The number of fused-ring (bicyclic) bond motifs is 1. The second-order valence-electron chi connectivity index (χ2n) is 6.38. The zero-order chi connectivity index (χ0) is 19.5. The lowest BCUT2D eigenvalue weighted by Crippen LogP contribution is -2.16. The summed E-state index contributed by atoms with van der Waals surface area (Å²) in [5, 5.41) is 5.68. The van der Waals surface area contributed by atoms with E-state index in [2.05, 4.69) is 10.6 Å². The van der Waals surface area contributed by atoms with Crippen LogP contribution in [0.3, 0.4) is 0 Å². The number of amides is 2. The Kier molecular flexibility index (Phi) is 4.68. The van der Waals surface area contributed by atoms with Crippen LogP contribution in [0.25, 0.3) is 0 Å². The van der Waals surface area contributed by atoms with Crippen LogP contribution in [0.2, 0.25) is 0 Å². The molecule has 0 saturated heterocycles. The maximum atomic E-state index is 12.7. The highest BCUT2D eigenvalue weighted by Crippen LogP contribution is 2.36. The predicted octanol–water partition coefficient (Wildman–Crippen LogP) is 4.23. The average Bonchev–Trinajstić information content (AvgIpc) is 3.16. The summed E-state index contributed by atoms with van der Waals surface area (Å²) in [6.07, 6.45) is 0. The quantitative estimate of drug-likeness (QED) is 0.717. The van der Waals surface area contributed by atoms with Crippen LogP contribution < -0.4 is 20.1 Å². The van der Waals surface area contributed by atoms with Gasteiger partial charge in [-0.25, -0.2) is 0 Å². The van der Waals surface area contributed by atoms with E-state index in [-0.39, 0.29) is 18.6 Å². The largest absolute Gasteiger partial charge is 0.454 e. The molecule has 6 heteroatoms. The smallest absolute Gasteiger partial charge is 0.255 e. The van der Waals surface area contributed by atoms with E-state index in [1.54, 1.807) is 42.5 Å². The van der Waals surface area contributed by atoms with Crippen molar-refractivity contribution in [3.8, 4) is 11.5 Å². The zero-order valence-corrected chi connectivity index (χ0v) is 15.2. The molecule has 140 valence electrons. The van der Waals surface area contributed by atoms with Crippen LogP contribution in [-0.4, -0.2) is 18.6 Å². The molecule has 0 fully saturated rings. The number of rotatable bonds is 4. The Morgan fingerprint density at radius 2 is 1.43 bits per heavy atom. The molecule has 0 unspecified atom stereocenters. The molecule has 1 aliphatic rings. The number of hydrogen-bond acceptors (Lipinski definition) is 4. The molecule has 4 rings (SSSR count). The van der Waals surface area contributed by atoms with Gasteiger partial charge in [0.05, 0.1) is 0 Å². The molecular weight excluding hydrogens is 356 g/mol. The van der Waals surface area contributed by atoms with Crippen molar-refractivity contribution in [2.45, 2.75) is 6.92 Å². The van der Waals surface area contributed by atoms with Gasteiger partial charge in [-0.05, 0) is 48.9 Å². The van der Waals surface area contributed by atoms with Gasteiger partial charge in [0.15, 0.2) is 11.5 Å². The Bertz CT molecular complexity index is 1050. The highest BCUT2D eigenvalue weighted by molar-refractivity contribution is 6.09. The molecular formula is C22H18N2O4. The lowest BCUT2D eigenvalue weighted by atomic mass is 10.1. The lowest BCUT2D eigenvalue weighted by molar-refractivity contribution is 0.102. The fourth-order valence-electron chi connectivity index (χ4n) is 2.90. The fourth-order valence-corrected chi connectivity index (χ4v) is 2.90. The summed E-state index contributed by atoms with van der Waals surface area (Å²) in [4.78, 5) is 25.1. The predicted molar refractivity (Wildman–Crippen MR) is 106 cm³/mol. The second-order valence-corrected chi connectivity index (χ2v) is 6.38. The minimum Gasteiger partial charge on any atom is -0.454 e. The van der Waals surface area contributed by atoms with Gasteiger partial charge in [0.25, 0.3) is 11.8 Å². The molecule has 0 spiro atoms. The molecule has 28 heavy (non-hydrogen) atoms. The molecule has 2 N–H and O–H groups in total. The summed E-state index contributed by atoms with van der Waals surface area (Å²) in [5.41, 5.74) is 2.97. The van der Waals surface area contributed by atoms with Crippen LogP contribution in [-0.2, 0) is 0 Å². The highest BCUT2D eigenvalue weighted by Gasteiger charge is 2.18. The Balaban J connectivity index is 1.51. The number of carbonyl (C=O) groups is 2. The topological polar surface area (TPSA) is 76.7 Å². The van der Waals surface area contributed by atoms with Gasteiger partial charge in [0, 0.05) is 28.6 Å². The maximum absolute atomic E-state index is 12.7. The SMILES string of the molecule is Cc1cc2c(cc1NC(=O)c1cccc(C(=O)Nc3ccccc3)c1)OCO2. The van der Waals surface area contributed by atoms with Crippen molar-refractivity contribution in [2.24, 2.45) is 0 Å². The van der Waals surface area contributed by atoms with Crippen LogP contribution in [0.15, 0.2) is 66.7 Å². The first-order chi connectivity index (χ1) is 13.6. The standard InChI is InChI=1S/C22H18N2O4/c1-14-10-19-20(28-13-27-19)12-18(14)24-22(26)16-7-5-6-15(11-16)21(25)23-17-8-3-2-4-9-17/h2-12H,13H2,1H3,(H,23,25)(H,24,26). The summed E-state index contributed by atoms with van der Waals surface area (Å²) in [6, 6.07) is 19.3. The number of hydrogen-bond donors (Lipinski definition) is 2. The number of anilines is 2. The summed E-state index contributed by atoms with van der Waals surface area (Å²) in [5.74, 6) is 0.670. The third-order valence-electron chi connectivity index (χ3n) is 4.39. The molecule has 3 aromatic carbocycles. The zero-order valence-electron chi connectivity index (χ0n) is 15.2. The third-order valence-corrected chi connectivity index (χ3v) is 4.39. The van der Waals surface area contributed by atoms with Crippen molar-refractivity contribution >= 4 is 23.2 Å². The van der Waals surface area contributed by atoms with Crippen molar-refractivity contribution in [3.63, 3.8) is 0 Å². The van der Waals surface area contributed by atoms with Crippen molar-refractivity contribution in [2.75, 3.05) is 17.4 Å². The first-order valence-corrected chi connectivity index (χ1v) is 8.78.